The van der Waals surface area contributed by atoms with Gasteiger partial charge in [-0.05, 0) is 55.3 Å². The molecular weight excluding hydrogens is 392 g/mol. The molecule has 1 heterocycles. The van der Waals surface area contributed by atoms with Gasteiger partial charge in [0.1, 0.15) is 0 Å². The Morgan fingerprint density at radius 1 is 1.00 bits per heavy atom. The fraction of sp³-hybridized carbons (Fsp3) is 0.136. The number of aliphatic imine (C=N–C) groups is 1. The topological polar surface area (TPSA) is 58.5 Å². The summed E-state index contributed by atoms with van der Waals surface area (Å²) in [5.74, 6) is 0. The maximum absolute atomic E-state index is 12.7. The van der Waals surface area contributed by atoms with Crippen LogP contribution < -0.4 is 4.72 Å². The first-order chi connectivity index (χ1) is 13.4. The quantitative estimate of drug-likeness (QED) is 0.668. The van der Waals surface area contributed by atoms with Crippen LogP contribution in [-0.2, 0) is 16.4 Å². The van der Waals surface area contributed by atoms with Crippen molar-refractivity contribution in [3.8, 4) is 0 Å². The van der Waals surface area contributed by atoms with Gasteiger partial charge < -0.3 is 0 Å². The summed E-state index contributed by atoms with van der Waals surface area (Å²) in [5.41, 5.74) is 5.38. The normalized spacial score (nSPS) is 13.6. The molecule has 3 aromatic rings. The predicted molar refractivity (Wildman–Crippen MR) is 114 cm³/mol. The largest absolute Gasteiger partial charge is 0.284 e. The third-order valence-corrected chi connectivity index (χ3v) is 6.33. The van der Waals surface area contributed by atoms with Crippen molar-refractivity contribution in [3.63, 3.8) is 0 Å². The summed E-state index contributed by atoms with van der Waals surface area (Å²) in [6.45, 7) is 2.62. The van der Waals surface area contributed by atoms with Crippen LogP contribution in [0.1, 0.15) is 22.3 Å². The zero-order chi connectivity index (χ0) is 19.7. The highest BCUT2D eigenvalue weighted by molar-refractivity contribution is 7.92. The van der Waals surface area contributed by atoms with Crippen LogP contribution in [-0.4, -0.2) is 20.7 Å². The predicted octanol–water partition coefficient (Wildman–Crippen LogP) is 4.84. The Morgan fingerprint density at radius 3 is 2.57 bits per heavy atom. The molecule has 4 nitrogen and oxygen atoms in total. The Bertz CT molecular complexity index is 1170. The van der Waals surface area contributed by atoms with Crippen molar-refractivity contribution in [1.82, 2.24) is 0 Å². The van der Waals surface area contributed by atoms with E-state index in [9.17, 15) is 8.42 Å². The van der Waals surface area contributed by atoms with Crippen LogP contribution in [0.2, 0.25) is 5.02 Å². The second-order valence-corrected chi connectivity index (χ2v) is 8.90. The first-order valence-electron chi connectivity index (χ1n) is 8.95. The smallest absolute Gasteiger partial charge is 0.261 e. The lowest BCUT2D eigenvalue weighted by atomic mass is 9.93. The Balaban J connectivity index is 1.67. The van der Waals surface area contributed by atoms with E-state index >= 15 is 0 Å². The zero-order valence-corrected chi connectivity index (χ0v) is 16.9. The molecule has 0 bridgehead atoms. The maximum atomic E-state index is 12.7. The first-order valence-corrected chi connectivity index (χ1v) is 10.8. The number of rotatable bonds is 4. The van der Waals surface area contributed by atoms with Crippen LogP contribution >= 0.6 is 11.6 Å². The molecule has 28 heavy (non-hydrogen) atoms. The molecule has 0 unspecified atom stereocenters. The zero-order valence-electron chi connectivity index (χ0n) is 15.3. The van der Waals surface area contributed by atoms with Gasteiger partial charge in [-0.15, -0.1) is 0 Å². The molecule has 4 rings (SSSR count). The maximum Gasteiger partial charge on any atom is 0.261 e. The third kappa shape index (κ3) is 3.81. The van der Waals surface area contributed by atoms with Gasteiger partial charge in [-0.2, -0.15) is 0 Å². The van der Waals surface area contributed by atoms with Gasteiger partial charge in [-0.3, -0.25) is 9.71 Å². The Kier molecular flexibility index (Phi) is 4.96. The number of hydrogen-bond acceptors (Lipinski definition) is 3. The van der Waals surface area contributed by atoms with Gasteiger partial charge in [-0.1, -0.05) is 47.5 Å². The van der Waals surface area contributed by atoms with E-state index in [2.05, 4.69) is 9.71 Å². The number of nitrogens with zero attached hydrogens (tertiary/aromatic N) is 1. The Labute approximate surface area is 170 Å². The van der Waals surface area contributed by atoms with Crippen LogP contribution in [0, 0.1) is 6.92 Å². The molecule has 3 aromatic carbocycles. The fourth-order valence-electron chi connectivity index (χ4n) is 3.27. The van der Waals surface area contributed by atoms with Crippen molar-refractivity contribution in [2.45, 2.75) is 18.2 Å². The summed E-state index contributed by atoms with van der Waals surface area (Å²) < 4.78 is 28.0. The molecular formula is C22H19ClN2O2S. The van der Waals surface area contributed by atoms with Crippen molar-refractivity contribution in [3.05, 3.63) is 94.0 Å². The van der Waals surface area contributed by atoms with Gasteiger partial charge in [0.2, 0.25) is 0 Å². The minimum Gasteiger partial charge on any atom is -0.284 e. The highest BCUT2D eigenvalue weighted by Crippen LogP contribution is 2.26. The minimum absolute atomic E-state index is 0.232. The number of sulfonamides is 1. The van der Waals surface area contributed by atoms with Gasteiger partial charge in [0.15, 0.2) is 0 Å². The van der Waals surface area contributed by atoms with E-state index in [0.717, 1.165) is 28.8 Å². The first kappa shape index (κ1) is 18.7. The second kappa shape index (κ2) is 7.41. The highest BCUT2D eigenvalue weighted by Gasteiger charge is 2.18. The number of fused-ring (bicyclic) bond motifs is 1. The molecule has 0 radical (unpaired) electrons. The molecule has 0 atom stereocenters. The average molecular weight is 411 g/mol. The summed E-state index contributed by atoms with van der Waals surface area (Å²) in [7, 11) is -3.66. The number of nitrogens with one attached hydrogen (secondary N) is 1. The highest BCUT2D eigenvalue weighted by atomic mass is 35.5. The Hall–Kier alpha value is -2.63. The molecule has 0 amide bonds. The summed E-state index contributed by atoms with van der Waals surface area (Å²) >= 11 is 6.18. The molecule has 142 valence electrons. The van der Waals surface area contributed by atoms with Crippen molar-refractivity contribution >= 4 is 33.0 Å². The summed E-state index contributed by atoms with van der Waals surface area (Å²) in [6.07, 6.45) is 0.871. The molecule has 1 aliphatic rings. The van der Waals surface area contributed by atoms with Gasteiger partial charge in [0.05, 0.1) is 10.6 Å². The van der Waals surface area contributed by atoms with Gasteiger partial charge in [-0.25, -0.2) is 8.42 Å². The molecule has 0 fully saturated rings. The second-order valence-electron chi connectivity index (χ2n) is 6.78. The van der Waals surface area contributed by atoms with E-state index in [-0.39, 0.29) is 4.90 Å². The fourth-order valence-corrected chi connectivity index (χ4v) is 4.49. The molecule has 0 aliphatic carbocycles. The van der Waals surface area contributed by atoms with Crippen LogP contribution in [0.3, 0.4) is 0 Å². The molecule has 6 heteroatoms. The molecule has 0 saturated heterocycles. The third-order valence-electron chi connectivity index (χ3n) is 4.70. The lowest BCUT2D eigenvalue weighted by Gasteiger charge is -2.18. The van der Waals surface area contributed by atoms with Crippen LogP contribution in [0.4, 0.5) is 5.69 Å². The molecule has 0 aromatic heterocycles. The number of halogens is 1. The summed E-state index contributed by atoms with van der Waals surface area (Å²) in [5, 5.41) is 0.657. The number of hydrogen-bond donors (Lipinski definition) is 1. The summed E-state index contributed by atoms with van der Waals surface area (Å²) in [6, 6.07) is 19.9. The van der Waals surface area contributed by atoms with E-state index < -0.39 is 10.0 Å². The molecule has 0 saturated carbocycles. The van der Waals surface area contributed by atoms with Crippen molar-refractivity contribution in [2.75, 3.05) is 11.3 Å². The van der Waals surface area contributed by atoms with Crippen LogP contribution in [0.5, 0.6) is 0 Å². The number of benzene rings is 3. The number of anilines is 1. The lowest BCUT2D eigenvalue weighted by molar-refractivity contribution is 0.601. The Morgan fingerprint density at radius 2 is 1.79 bits per heavy atom. The lowest BCUT2D eigenvalue weighted by Crippen LogP contribution is -2.16. The van der Waals surface area contributed by atoms with Crippen molar-refractivity contribution < 1.29 is 8.42 Å². The van der Waals surface area contributed by atoms with Gasteiger partial charge >= 0.3 is 0 Å². The van der Waals surface area contributed by atoms with E-state index in [1.54, 1.807) is 36.4 Å². The van der Waals surface area contributed by atoms with E-state index in [4.69, 9.17) is 11.6 Å². The van der Waals surface area contributed by atoms with Gasteiger partial charge in [0, 0.05) is 28.4 Å². The average Bonchev–Trinajstić information content (AvgIpc) is 2.67. The van der Waals surface area contributed by atoms with E-state index in [1.165, 1.54) is 5.56 Å². The minimum atomic E-state index is -3.66. The van der Waals surface area contributed by atoms with Crippen molar-refractivity contribution in [2.24, 2.45) is 4.99 Å². The molecule has 1 aliphatic heterocycles. The molecule has 0 spiro atoms. The standard InChI is InChI=1S/C22H19ClN2O2S/c1-15-5-9-20(10-6-15)28(26,27)25-19-4-2-3-17(13-19)22-21-14-18(23)8-7-16(21)11-12-24-22/h2-10,13-14,25H,11-12H2,1H3. The summed E-state index contributed by atoms with van der Waals surface area (Å²) in [4.78, 5) is 4.90. The van der Waals surface area contributed by atoms with Crippen LogP contribution in [0.25, 0.3) is 0 Å². The van der Waals surface area contributed by atoms with E-state index in [1.807, 2.05) is 37.3 Å². The number of aryl methyl sites for hydroxylation is 1. The van der Waals surface area contributed by atoms with Gasteiger partial charge in [0.25, 0.3) is 10.0 Å². The monoisotopic (exact) mass is 410 g/mol. The van der Waals surface area contributed by atoms with E-state index in [0.29, 0.717) is 17.3 Å². The molecule has 1 N–H and O–H groups in total. The van der Waals surface area contributed by atoms with Crippen molar-refractivity contribution in [1.29, 1.82) is 0 Å². The van der Waals surface area contributed by atoms with Crippen LogP contribution in [0.15, 0.2) is 76.6 Å². The SMILES string of the molecule is Cc1ccc(S(=O)(=O)Nc2cccc(C3=NCCc4ccc(Cl)cc43)c2)cc1.